The zero-order valence-corrected chi connectivity index (χ0v) is 30.4. The van der Waals surface area contributed by atoms with Gasteiger partial charge in [-0.2, -0.15) is 5.01 Å². The molecule has 4 aromatic carbocycles. The Morgan fingerprint density at radius 1 is 0.889 bits per heavy atom. The lowest BCUT2D eigenvalue weighted by Gasteiger charge is -2.50. The molecule has 0 spiro atoms. The molecule has 13 heteroatoms. The number of allylic oxidation sites excluding steroid dienone is 2. The first-order valence-electron chi connectivity index (χ1n) is 17.5. The van der Waals surface area contributed by atoms with Crippen molar-refractivity contribution in [2.24, 2.45) is 23.7 Å². The molecule has 2 aliphatic heterocycles. The molecule has 1 saturated carbocycles. The quantitative estimate of drug-likeness (QED) is 0.132. The molecule has 0 radical (unpaired) electrons. The number of carbonyl (C=O) groups excluding carboxylic acids is 4. The van der Waals surface area contributed by atoms with Crippen molar-refractivity contribution in [3.63, 3.8) is 0 Å². The van der Waals surface area contributed by atoms with E-state index in [2.05, 4.69) is 5.43 Å². The molecule has 276 valence electrons. The second-order valence-electron chi connectivity index (χ2n) is 14.2. The fourth-order valence-electron chi connectivity index (χ4n) is 9.14. The van der Waals surface area contributed by atoms with Crippen molar-refractivity contribution >= 4 is 52.5 Å². The maximum absolute atomic E-state index is 15.3. The van der Waals surface area contributed by atoms with Gasteiger partial charge in [-0.15, -0.1) is 0 Å². The Bertz CT molecular complexity index is 2230. The third-order valence-corrected chi connectivity index (χ3v) is 12.1. The molecular weight excluding hydrogens is 736 g/mol. The Labute approximate surface area is 319 Å². The predicted octanol–water partition coefficient (Wildman–Crippen LogP) is 6.78. The van der Waals surface area contributed by atoms with Crippen molar-refractivity contribution < 1.29 is 38.5 Å². The standard InChI is InChI=1S/C41H34Cl2FN3O7/c1-54-33-19-22(18-32(43)36(33)49)35-28-14-15-29-34(39(52)46(37(29)50)17-16-21-2-12-27(48)13-3-21)30(28)20-31-38(51)47(45-26-10-8-25(44)9-11-26)40(53)41(31,35)23-4-6-24(42)7-5-23/h2-14,18-19,29-31,34-35,45,48-49H,15-17,20H2,1H3. The predicted molar refractivity (Wildman–Crippen MR) is 197 cm³/mol. The Balaban J connectivity index is 1.28. The number of hydrazine groups is 1. The van der Waals surface area contributed by atoms with E-state index in [1.54, 1.807) is 54.6 Å². The largest absolute Gasteiger partial charge is 0.508 e. The van der Waals surface area contributed by atoms with E-state index in [1.165, 1.54) is 42.3 Å². The number of fused-ring (bicyclic) bond motifs is 4. The van der Waals surface area contributed by atoms with E-state index >= 15 is 4.79 Å². The number of phenols is 2. The minimum atomic E-state index is -1.63. The summed E-state index contributed by atoms with van der Waals surface area (Å²) >= 11 is 13.0. The highest BCUT2D eigenvalue weighted by Gasteiger charge is 2.70. The van der Waals surface area contributed by atoms with Crippen LogP contribution in [0.2, 0.25) is 10.0 Å². The van der Waals surface area contributed by atoms with Gasteiger partial charge in [0.2, 0.25) is 11.8 Å². The summed E-state index contributed by atoms with van der Waals surface area (Å²) in [5.41, 5.74) is 4.06. The summed E-state index contributed by atoms with van der Waals surface area (Å²) in [6.07, 6.45) is 2.58. The van der Waals surface area contributed by atoms with Gasteiger partial charge in [-0.25, -0.2) is 4.39 Å². The SMILES string of the molecule is COc1cc(C2C3=CCC4C(=O)N(CCc5ccc(O)cc5)C(=O)C4C3CC3C(=O)N(Nc4ccc(F)cc4)C(=O)C32c2ccc(Cl)cc2)cc(Cl)c1O. The zero-order chi connectivity index (χ0) is 38.1. The fraction of sp³-hybridized carbons (Fsp3) is 0.268. The van der Waals surface area contributed by atoms with Crippen LogP contribution in [-0.2, 0) is 31.0 Å². The van der Waals surface area contributed by atoms with E-state index in [-0.39, 0.29) is 53.5 Å². The molecule has 2 saturated heterocycles. The van der Waals surface area contributed by atoms with Crippen LogP contribution in [0.15, 0.2) is 96.6 Å². The van der Waals surface area contributed by atoms with Crippen LogP contribution in [-0.4, -0.2) is 57.4 Å². The number of hydrogen-bond acceptors (Lipinski definition) is 8. The van der Waals surface area contributed by atoms with Crippen molar-refractivity contribution in [3.8, 4) is 17.2 Å². The number of nitrogens with one attached hydrogen (secondary N) is 1. The van der Waals surface area contributed by atoms with Crippen LogP contribution in [0.25, 0.3) is 0 Å². The number of halogens is 3. The van der Waals surface area contributed by atoms with Crippen LogP contribution >= 0.6 is 23.2 Å². The molecule has 0 aromatic heterocycles. The lowest BCUT2D eigenvalue weighted by atomic mass is 9.49. The smallest absolute Gasteiger partial charge is 0.260 e. The number of ether oxygens (including phenoxy) is 1. The third-order valence-electron chi connectivity index (χ3n) is 11.5. The first-order valence-corrected chi connectivity index (χ1v) is 18.3. The topological polar surface area (TPSA) is 136 Å². The molecule has 6 unspecified atom stereocenters. The minimum absolute atomic E-state index is 0.0438. The molecule has 8 rings (SSSR count). The lowest BCUT2D eigenvalue weighted by Crippen LogP contribution is -2.53. The molecule has 6 atom stereocenters. The van der Waals surface area contributed by atoms with Crippen LogP contribution in [0.5, 0.6) is 17.2 Å². The van der Waals surface area contributed by atoms with Gasteiger partial charge < -0.3 is 14.9 Å². The summed E-state index contributed by atoms with van der Waals surface area (Å²) in [6.45, 7) is 0.136. The second-order valence-corrected chi connectivity index (χ2v) is 15.0. The highest BCUT2D eigenvalue weighted by molar-refractivity contribution is 6.32. The van der Waals surface area contributed by atoms with E-state index < -0.39 is 52.6 Å². The van der Waals surface area contributed by atoms with Crippen molar-refractivity contribution in [1.82, 2.24) is 9.91 Å². The van der Waals surface area contributed by atoms with Crippen molar-refractivity contribution in [2.75, 3.05) is 19.1 Å². The Morgan fingerprint density at radius 3 is 2.28 bits per heavy atom. The van der Waals surface area contributed by atoms with Gasteiger partial charge in [0.05, 0.1) is 41.0 Å². The van der Waals surface area contributed by atoms with Crippen molar-refractivity contribution in [2.45, 2.75) is 30.6 Å². The maximum Gasteiger partial charge on any atom is 0.260 e. The Kier molecular flexibility index (Phi) is 8.89. The van der Waals surface area contributed by atoms with Crippen LogP contribution in [0.3, 0.4) is 0 Å². The van der Waals surface area contributed by atoms with Gasteiger partial charge in [-0.1, -0.05) is 59.1 Å². The number of carbonyl (C=O) groups is 4. The minimum Gasteiger partial charge on any atom is -0.508 e. The number of methoxy groups -OCH3 is 1. The fourth-order valence-corrected chi connectivity index (χ4v) is 9.48. The maximum atomic E-state index is 15.3. The van der Waals surface area contributed by atoms with E-state index in [0.717, 1.165) is 10.6 Å². The van der Waals surface area contributed by atoms with Crippen molar-refractivity contribution in [3.05, 3.63) is 129 Å². The third kappa shape index (κ3) is 5.51. The van der Waals surface area contributed by atoms with E-state index in [1.807, 2.05) is 6.08 Å². The van der Waals surface area contributed by atoms with Crippen LogP contribution in [0.1, 0.15) is 35.4 Å². The highest BCUT2D eigenvalue weighted by atomic mass is 35.5. The second kappa shape index (κ2) is 13.5. The highest BCUT2D eigenvalue weighted by Crippen LogP contribution is 2.64. The van der Waals surface area contributed by atoms with Gasteiger partial charge in [-0.3, -0.25) is 29.5 Å². The number of nitrogens with zero attached hydrogens (tertiary/aromatic N) is 2. The Hall–Kier alpha value is -5.39. The first kappa shape index (κ1) is 35.6. The number of aromatic hydroxyl groups is 2. The monoisotopic (exact) mass is 769 g/mol. The summed E-state index contributed by atoms with van der Waals surface area (Å²) in [4.78, 5) is 59.7. The molecule has 0 bridgehead atoms. The van der Waals surface area contributed by atoms with Gasteiger partial charge in [0, 0.05) is 17.5 Å². The molecular formula is C41H34Cl2FN3O7. The summed E-state index contributed by atoms with van der Waals surface area (Å²) in [5.74, 6) is -6.56. The van der Waals surface area contributed by atoms with E-state index in [9.17, 15) is 29.0 Å². The summed E-state index contributed by atoms with van der Waals surface area (Å²) in [5, 5.41) is 21.8. The average Bonchev–Trinajstić information content (AvgIpc) is 3.53. The van der Waals surface area contributed by atoms with E-state index in [4.69, 9.17) is 27.9 Å². The zero-order valence-electron chi connectivity index (χ0n) is 28.8. The number of hydrogen-bond donors (Lipinski definition) is 3. The molecule has 4 amide bonds. The van der Waals surface area contributed by atoms with E-state index in [0.29, 0.717) is 33.8 Å². The number of benzene rings is 4. The molecule has 2 heterocycles. The number of rotatable bonds is 8. The normalized spacial score (nSPS) is 26.0. The number of likely N-dealkylation sites (tertiary alicyclic amines) is 1. The molecule has 3 fully saturated rings. The van der Waals surface area contributed by atoms with Gasteiger partial charge in [0.25, 0.3) is 11.8 Å². The average molecular weight is 771 g/mol. The number of phenolic OH excluding ortho intramolecular Hbond substituents is 2. The van der Waals surface area contributed by atoms with Gasteiger partial charge >= 0.3 is 0 Å². The van der Waals surface area contributed by atoms with Gasteiger partial charge in [0.1, 0.15) is 11.6 Å². The van der Waals surface area contributed by atoms with Gasteiger partial charge in [-0.05, 0) is 103 Å². The van der Waals surface area contributed by atoms with Crippen LogP contribution < -0.4 is 10.2 Å². The molecule has 10 nitrogen and oxygen atoms in total. The molecule has 3 N–H and O–H groups in total. The summed E-state index contributed by atoms with van der Waals surface area (Å²) in [6, 6.07) is 21.6. The Morgan fingerprint density at radius 2 is 1.59 bits per heavy atom. The van der Waals surface area contributed by atoms with Gasteiger partial charge in [0.15, 0.2) is 11.5 Å². The molecule has 54 heavy (non-hydrogen) atoms. The summed E-state index contributed by atoms with van der Waals surface area (Å²) in [7, 11) is 1.37. The van der Waals surface area contributed by atoms with Crippen LogP contribution in [0, 0.1) is 29.5 Å². The lowest BCUT2D eigenvalue weighted by molar-refractivity contribution is -0.141. The first-order chi connectivity index (χ1) is 25.9. The summed E-state index contributed by atoms with van der Waals surface area (Å²) < 4.78 is 19.4. The van der Waals surface area contributed by atoms with Crippen LogP contribution in [0.4, 0.5) is 10.1 Å². The number of amides is 4. The molecule has 2 aliphatic carbocycles. The van der Waals surface area contributed by atoms with Crippen molar-refractivity contribution in [1.29, 1.82) is 0 Å². The molecule has 4 aliphatic rings. The number of imide groups is 2. The molecule has 4 aromatic rings. The number of anilines is 1.